The van der Waals surface area contributed by atoms with E-state index in [0.29, 0.717) is 12.7 Å². The lowest BCUT2D eigenvalue weighted by molar-refractivity contribution is -0.112. The average molecular weight is 371 g/mol. The fourth-order valence-corrected chi connectivity index (χ4v) is 2.84. The molecule has 0 aromatic heterocycles. The lowest BCUT2D eigenvalue weighted by atomic mass is 10.2. The smallest absolute Gasteiger partial charge is 0.429 e. The van der Waals surface area contributed by atoms with Crippen molar-refractivity contribution in [1.29, 1.82) is 0 Å². The van der Waals surface area contributed by atoms with E-state index >= 15 is 0 Å². The third-order valence-corrected chi connectivity index (χ3v) is 4.36. The number of benzene rings is 1. The lowest BCUT2D eigenvalue weighted by Gasteiger charge is -2.31. The second-order valence-electron chi connectivity index (χ2n) is 6.56. The van der Waals surface area contributed by atoms with Crippen LogP contribution in [-0.2, 0) is 19.4 Å². The van der Waals surface area contributed by atoms with Gasteiger partial charge < -0.3 is 15.3 Å². The van der Waals surface area contributed by atoms with Gasteiger partial charge in [-0.15, -0.1) is 0 Å². The van der Waals surface area contributed by atoms with Crippen LogP contribution < -0.4 is 11.2 Å². The number of nitrogens with zero attached hydrogens (tertiary/aromatic N) is 1. The van der Waals surface area contributed by atoms with Gasteiger partial charge in [0.25, 0.3) is 0 Å². The number of anilines is 2. The molecule has 140 valence electrons. The summed E-state index contributed by atoms with van der Waals surface area (Å²) in [6.45, 7) is 6.82. The summed E-state index contributed by atoms with van der Waals surface area (Å²) in [6, 6.07) is 3.56. The van der Waals surface area contributed by atoms with E-state index in [4.69, 9.17) is 10.5 Å². The summed E-state index contributed by atoms with van der Waals surface area (Å²) in [5.41, 5.74) is 8.02. The number of aldehydes is 1. The van der Waals surface area contributed by atoms with Gasteiger partial charge in [0, 0.05) is 6.26 Å². The Labute approximate surface area is 148 Å². The molecule has 3 N–H and O–H groups in total. The number of hydrogen-bond acceptors (Lipinski definition) is 7. The van der Waals surface area contributed by atoms with E-state index in [1.165, 1.54) is 18.2 Å². The largest absolute Gasteiger partial charge is 0.442 e. The summed E-state index contributed by atoms with van der Waals surface area (Å²) in [7, 11) is -3.54. The van der Waals surface area contributed by atoms with Crippen molar-refractivity contribution in [3.05, 3.63) is 18.2 Å². The van der Waals surface area contributed by atoms with Gasteiger partial charge >= 0.3 is 6.09 Å². The molecule has 0 radical (unpaired) electrons. The highest BCUT2D eigenvalue weighted by atomic mass is 32.2. The topological polar surface area (TPSA) is 119 Å². The van der Waals surface area contributed by atoms with Crippen molar-refractivity contribution in [2.24, 2.45) is 0 Å². The molecule has 1 aromatic carbocycles. The molecule has 0 bridgehead atoms. The van der Waals surface area contributed by atoms with E-state index in [2.05, 4.69) is 5.43 Å². The van der Waals surface area contributed by atoms with Crippen LogP contribution in [0.2, 0.25) is 0 Å². The second kappa shape index (κ2) is 7.73. The van der Waals surface area contributed by atoms with Crippen LogP contribution in [0.4, 0.5) is 16.2 Å². The Hall–Kier alpha value is -2.29. The van der Waals surface area contributed by atoms with Crippen molar-refractivity contribution in [2.75, 3.05) is 17.4 Å². The molecule has 1 amide bonds. The Bertz CT molecular complexity index is 741. The van der Waals surface area contributed by atoms with Crippen LogP contribution in [0.1, 0.15) is 34.1 Å². The predicted octanol–water partition coefficient (Wildman–Crippen LogP) is 2.21. The van der Waals surface area contributed by atoms with Gasteiger partial charge in [0.2, 0.25) is 0 Å². The minimum Gasteiger partial charge on any atom is -0.442 e. The number of hydrogen-bond donors (Lipinski definition) is 2. The highest BCUT2D eigenvalue weighted by Gasteiger charge is 2.28. The van der Waals surface area contributed by atoms with Crippen molar-refractivity contribution in [3.8, 4) is 0 Å². The molecule has 0 saturated carbocycles. The molecule has 0 aliphatic heterocycles. The maximum Gasteiger partial charge on any atom is 0.429 e. The summed E-state index contributed by atoms with van der Waals surface area (Å²) < 4.78 is 28.9. The van der Waals surface area contributed by atoms with Crippen LogP contribution in [0, 0.1) is 0 Å². The molecule has 9 heteroatoms. The van der Waals surface area contributed by atoms with Gasteiger partial charge in [0.15, 0.2) is 9.84 Å². The highest BCUT2D eigenvalue weighted by molar-refractivity contribution is 7.90. The van der Waals surface area contributed by atoms with Crippen molar-refractivity contribution in [3.63, 3.8) is 0 Å². The standard InChI is InChI=1S/C16H25N3O5S/c1-6-11(10-20)19(15(21)24-16(2,3)4)18-12-8-7-9-13(14(12)17)25(5,22)23/h7-11,18H,6,17H2,1-5H3. The Kier molecular flexibility index (Phi) is 6.42. The maximum atomic E-state index is 12.4. The van der Waals surface area contributed by atoms with Gasteiger partial charge in [-0.2, -0.15) is 0 Å². The highest BCUT2D eigenvalue weighted by Crippen LogP contribution is 2.28. The predicted molar refractivity (Wildman–Crippen MR) is 95.8 cm³/mol. The lowest BCUT2D eigenvalue weighted by Crippen LogP contribution is -2.47. The molecular formula is C16H25N3O5S. The SMILES string of the molecule is CCC(C=O)N(Nc1cccc(S(C)(=O)=O)c1N)C(=O)OC(C)(C)C. The fraction of sp³-hybridized carbons (Fsp3) is 0.500. The van der Waals surface area contributed by atoms with E-state index in [9.17, 15) is 18.0 Å². The minimum atomic E-state index is -3.54. The molecule has 1 unspecified atom stereocenters. The summed E-state index contributed by atoms with van der Waals surface area (Å²) in [5.74, 6) is 0. The number of carbonyl (C=O) groups is 2. The monoisotopic (exact) mass is 371 g/mol. The molecular weight excluding hydrogens is 346 g/mol. The van der Waals surface area contributed by atoms with Crippen molar-refractivity contribution in [2.45, 2.75) is 50.7 Å². The molecule has 0 aliphatic carbocycles. The zero-order valence-corrected chi connectivity index (χ0v) is 15.9. The molecule has 1 aromatic rings. The first-order valence-electron chi connectivity index (χ1n) is 7.73. The van der Waals surface area contributed by atoms with Gasteiger partial charge in [-0.1, -0.05) is 13.0 Å². The molecule has 1 atom stereocenters. The Morgan fingerprint density at radius 1 is 1.40 bits per heavy atom. The maximum absolute atomic E-state index is 12.4. The van der Waals surface area contributed by atoms with Crippen LogP contribution in [0.25, 0.3) is 0 Å². The van der Waals surface area contributed by atoms with Crippen LogP contribution in [0.15, 0.2) is 23.1 Å². The number of para-hydroxylation sites is 1. The number of nitrogens with one attached hydrogen (secondary N) is 1. The molecule has 0 spiro atoms. The summed E-state index contributed by atoms with van der Waals surface area (Å²) in [5, 5.41) is 1.01. The van der Waals surface area contributed by atoms with E-state index in [1.807, 2.05) is 0 Å². The zero-order valence-electron chi connectivity index (χ0n) is 15.1. The number of sulfone groups is 1. The minimum absolute atomic E-state index is 0.0423. The third-order valence-electron chi connectivity index (χ3n) is 3.20. The first kappa shape index (κ1) is 20.8. The van der Waals surface area contributed by atoms with Gasteiger partial charge in [0.1, 0.15) is 17.9 Å². The van der Waals surface area contributed by atoms with E-state index in [1.54, 1.807) is 27.7 Å². The zero-order chi connectivity index (χ0) is 19.4. The van der Waals surface area contributed by atoms with E-state index in [0.717, 1.165) is 11.3 Å². The van der Waals surface area contributed by atoms with E-state index in [-0.39, 0.29) is 16.3 Å². The number of rotatable bonds is 6. The van der Waals surface area contributed by atoms with Crippen LogP contribution in [0.5, 0.6) is 0 Å². The molecule has 8 nitrogen and oxygen atoms in total. The molecule has 0 aliphatic rings. The van der Waals surface area contributed by atoms with Crippen molar-refractivity contribution >= 4 is 33.6 Å². The first-order chi connectivity index (χ1) is 11.4. The number of amides is 1. The number of hydrazine groups is 1. The number of ether oxygens (including phenoxy) is 1. The van der Waals surface area contributed by atoms with Crippen molar-refractivity contribution < 1.29 is 22.7 Å². The second-order valence-corrected chi connectivity index (χ2v) is 8.55. The van der Waals surface area contributed by atoms with Gasteiger partial charge in [0.05, 0.1) is 16.3 Å². The van der Waals surface area contributed by atoms with Crippen molar-refractivity contribution in [1.82, 2.24) is 5.01 Å². The Morgan fingerprint density at radius 3 is 2.44 bits per heavy atom. The van der Waals surface area contributed by atoms with Crippen LogP contribution >= 0.6 is 0 Å². The molecule has 0 saturated heterocycles. The van der Waals surface area contributed by atoms with E-state index < -0.39 is 27.6 Å². The molecule has 25 heavy (non-hydrogen) atoms. The molecule has 0 fully saturated rings. The van der Waals surface area contributed by atoms with Gasteiger partial charge in [-0.25, -0.2) is 18.2 Å². The normalized spacial score (nSPS) is 13.0. The molecule has 0 heterocycles. The summed E-state index contributed by atoms with van der Waals surface area (Å²) in [6.07, 6.45) is 1.21. The molecule has 1 rings (SSSR count). The number of nitrogen functional groups attached to an aromatic ring is 1. The summed E-state index contributed by atoms with van der Waals surface area (Å²) in [4.78, 5) is 23.7. The fourth-order valence-electron chi connectivity index (χ4n) is 2.01. The number of carbonyl (C=O) groups excluding carboxylic acids is 2. The van der Waals surface area contributed by atoms with Gasteiger partial charge in [-0.05, 0) is 39.3 Å². The number of nitrogens with two attached hydrogens (primary N) is 1. The Morgan fingerprint density at radius 2 is 2.00 bits per heavy atom. The summed E-state index contributed by atoms with van der Waals surface area (Å²) >= 11 is 0. The van der Waals surface area contributed by atoms with Crippen LogP contribution in [-0.4, -0.2) is 43.7 Å². The first-order valence-corrected chi connectivity index (χ1v) is 9.62. The van der Waals surface area contributed by atoms with Gasteiger partial charge in [-0.3, -0.25) is 5.43 Å². The van der Waals surface area contributed by atoms with Crippen LogP contribution in [0.3, 0.4) is 0 Å². The Balaban J connectivity index is 3.27. The quantitative estimate of drug-likeness (QED) is 0.447. The third kappa shape index (κ3) is 5.63. The average Bonchev–Trinajstić information content (AvgIpc) is 2.46.